The minimum absolute atomic E-state index is 0.407. The molecule has 2 heteroatoms. The summed E-state index contributed by atoms with van der Waals surface area (Å²) in [6.07, 6.45) is 5.56. The van der Waals surface area contributed by atoms with E-state index in [4.69, 9.17) is 5.11 Å². The Bertz CT molecular complexity index is 446. The van der Waals surface area contributed by atoms with Crippen LogP contribution in [0.4, 0.5) is 0 Å². The molecule has 3 rings (SSSR count). The van der Waals surface area contributed by atoms with Crippen molar-refractivity contribution in [3.8, 4) is 0 Å². The summed E-state index contributed by atoms with van der Waals surface area (Å²) in [7, 11) is 0. The largest absolute Gasteiger partial charge is 0.478 e. The summed E-state index contributed by atoms with van der Waals surface area (Å²) < 4.78 is 0. The maximum Gasteiger partial charge on any atom is 0.335 e. The lowest BCUT2D eigenvalue weighted by Crippen LogP contribution is -2.00. The van der Waals surface area contributed by atoms with E-state index in [1.54, 1.807) is 6.07 Å². The summed E-state index contributed by atoms with van der Waals surface area (Å²) in [6.45, 7) is 0. The molecule has 0 aliphatic heterocycles. The summed E-state index contributed by atoms with van der Waals surface area (Å²) in [6, 6.07) is 5.49. The first-order valence-electron chi connectivity index (χ1n) is 4.81. The Kier molecular flexibility index (Phi) is 1.38. The molecule has 0 fully saturated rings. The molecule has 2 bridgehead atoms. The van der Waals surface area contributed by atoms with Crippen molar-refractivity contribution in [2.24, 2.45) is 0 Å². The Hall–Kier alpha value is -1.57. The van der Waals surface area contributed by atoms with E-state index in [0.29, 0.717) is 17.4 Å². The standard InChI is InChI=1S/C12H10O2/c13-12(14)9-3-4-10-7-1-2-8(5-7)11(10)6-9/h1-4,6-8H,5H2,(H,13,14). The highest BCUT2D eigenvalue weighted by Gasteiger charge is 2.32. The molecule has 0 saturated heterocycles. The summed E-state index contributed by atoms with van der Waals surface area (Å²) in [5.41, 5.74) is 2.95. The number of carbonyl (C=O) groups is 1. The average molecular weight is 186 g/mol. The quantitative estimate of drug-likeness (QED) is 0.684. The molecule has 0 saturated carbocycles. The lowest BCUT2D eigenvalue weighted by atomic mass is 9.95. The van der Waals surface area contributed by atoms with Gasteiger partial charge in [0.05, 0.1) is 5.56 Å². The van der Waals surface area contributed by atoms with Crippen molar-refractivity contribution in [3.63, 3.8) is 0 Å². The van der Waals surface area contributed by atoms with Crippen LogP contribution in [0.2, 0.25) is 0 Å². The van der Waals surface area contributed by atoms with Crippen molar-refractivity contribution in [1.29, 1.82) is 0 Å². The van der Waals surface area contributed by atoms with Gasteiger partial charge < -0.3 is 5.11 Å². The topological polar surface area (TPSA) is 37.3 Å². The molecular weight excluding hydrogens is 176 g/mol. The van der Waals surface area contributed by atoms with Crippen LogP contribution in [-0.2, 0) is 0 Å². The van der Waals surface area contributed by atoms with Gasteiger partial charge in [0.25, 0.3) is 0 Å². The van der Waals surface area contributed by atoms with Gasteiger partial charge in [-0.05, 0) is 29.7 Å². The summed E-state index contributed by atoms with van der Waals surface area (Å²) in [5, 5.41) is 8.87. The summed E-state index contributed by atoms with van der Waals surface area (Å²) >= 11 is 0. The highest BCUT2D eigenvalue weighted by molar-refractivity contribution is 5.88. The van der Waals surface area contributed by atoms with Crippen molar-refractivity contribution in [2.45, 2.75) is 18.3 Å². The van der Waals surface area contributed by atoms with E-state index in [1.807, 2.05) is 12.1 Å². The maximum atomic E-state index is 10.8. The molecule has 70 valence electrons. The van der Waals surface area contributed by atoms with Crippen LogP contribution >= 0.6 is 0 Å². The van der Waals surface area contributed by atoms with E-state index in [2.05, 4.69) is 12.2 Å². The minimum Gasteiger partial charge on any atom is -0.478 e. The molecule has 1 aromatic rings. The highest BCUT2D eigenvalue weighted by Crippen LogP contribution is 2.48. The van der Waals surface area contributed by atoms with E-state index >= 15 is 0 Å². The van der Waals surface area contributed by atoms with Gasteiger partial charge in [0, 0.05) is 11.8 Å². The number of hydrogen-bond donors (Lipinski definition) is 1. The third kappa shape index (κ3) is 0.882. The first-order chi connectivity index (χ1) is 6.75. The minimum atomic E-state index is -0.834. The van der Waals surface area contributed by atoms with E-state index in [9.17, 15) is 4.79 Å². The maximum absolute atomic E-state index is 10.8. The highest BCUT2D eigenvalue weighted by atomic mass is 16.4. The van der Waals surface area contributed by atoms with Gasteiger partial charge in [-0.3, -0.25) is 0 Å². The smallest absolute Gasteiger partial charge is 0.335 e. The Morgan fingerprint density at radius 3 is 2.64 bits per heavy atom. The van der Waals surface area contributed by atoms with Crippen LogP contribution in [0.25, 0.3) is 0 Å². The number of allylic oxidation sites excluding steroid dienone is 2. The molecule has 2 unspecified atom stereocenters. The van der Waals surface area contributed by atoms with Crippen LogP contribution in [0.5, 0.6) is 0 Å². The van der Waals surface area contributed by atoms with Crippen LogP contribution in [0.3, 0.4) is 0 Å². The van der Waals surface area contributed by atoms with Crippen LogP contribution in [0, 0.1) is 0 Å². The lowest BCUT2D eigenvalue weighted by molar-refractivity contribution is 0.0697. The monoisotopic (exact) mass is 186 g/mol. The molecule has 0 aromatic heterocycles. The van der Waals surface area contributed by atoms with E-state index in [0.717, 1.165) is 6.42 Å². The molecule has 2 aliphatic carbocycles. The third-order valence-corrected chi connectivity index (χ3v) is 3.22. The first kappa shape index (κ1) is 7.80. The Balaban J connectivity index is 2.15. The Morgan fingerprint density at radius 1 is 1.21 bits per heavy atom. The molecule has 0 spiro atoms. The molecule has 2 aliphatic rings. The predicted octanol–water partition coefficient (Wildman–Crippen LogP) is 2.53. The van der Waals surface area contributed by atoms with Gasteiger partial charge in [-0.15, -0.1) is 0 Å². The molecule has 0 radical (unpaired) electrons. The molecule has 14 heavy (non-hydrogen) atoms. The fourth-order valence-electron chi connectivity index (χ4n) is 2.53. The van der Waals surface area contributed by atoms with Crippen LogP contribution < -0.4 is 0 Å². The average Bonchev–Trinajstić information content (AvgIpc) is 2.77. The molecule has 1 N–H and O–H groups in total. The normalized spacial score (nSPS) is 26.6. The summed E-state index contributed by atoms with van der Waals surface area (Å²) in [4.78, 5) is 10.8. The zero-order valence-corrected chi connectivity index (χ0v) is 7.60. The lowest BCUT2D eigenvalue weighted by Gasteiger charge is -2.10. The molecule has 2 nitrogen and oxygen atoms in total. The Morgan fingerprint density at radius 2 is 1.93 bits per heavy atom. The fourth-order valence-corrected chi connectivity index (χ4v) is 2.53. The van der Waals surface area contributed by atoms with Crippen LogP contribution in [-0.4, -0.2) is 11.1 Å². The number of carboxylic acids is 1. The SMILES string of the molecule is O=C(O)c1ccc2c(c1)C1C=CC2C1. The molecule has 0 heterocycles. The molecule has 2 atom stereocenters. The van der Waals surface area contributed by atoms with E-state index in [1.165, 1.54) is 11.1 Å². The third-order valence-electron chi connectivity index (χ3n) is 3.22. The fraction of sp³-hybridized carbons (Fsp3) is 0.250. The van der Waals surface area contributed by atoms with Gasteiger partial charge in [-0.2, -0.15) is 0 Å². The number of rotatable bonds is 1. The van der Waals surface area contributed by atoms with Crippen molar-refractivity contribution in [3.05, 3.63) is 47.0 Å². The van der Waals surface area contributed by atoms with Crippen molar-refractivity contribution < 1.29 is 9.90 Å². The Labute approximate surface area is 81.9 Å². The molecular formula is C12H10O2. The van der Waals surface area contributed by atoms with Crippen LogP contribution in [0.1, 0.15) is 39.7 Å². The van der Waals surface area contributed by atoms with E-state index < -0.39 is 5.97 Å². The zero-order valence-electron chi connectivity index (χ0n) is 7.60. The van der Waals surface area contributed by atoms with E-state index in [-0.39, 0.29) is 0 Å². The number of hydrogen-bond acceptors (Lipinski definition) is 1. The van der Waals surface area contributed by atoms with Crippen molar-refractivity contribution >= 4 is 5.97 Å². The number of fused-ring (bicyclic) bond motifs is 5. The van der Waals surface area contributed by atoms with Crippen molar-refractivity contribution in [1.82, 2.24) is 0 Å². The number of aromatic carboxylic acids is 1. The van der Waals surface area contributed by atoms with Gasteiger partial charge in [0.1, 0.15) is 0 Å². The number of benzene rings is 1. The van der Waals surface area contributed by atoms with Gasteiger partial charge in [0.15, 0.2) is 0 Å². The van der Waals surface area contributed by atoms with Gasteiger partial charge in [-0.25, -0.2) is 4.79 Å². The summed E-state index contributed by atoms with van der Waals surface area (Å²) in [5.74, 6) is 0.173. The van der Waals surface area contributed by atoms with Crippen LogP contribution in [0.15, 0.2) is 30.4 Å². The van der Waals surface area contributed by atoms with Gasteiger partial charge in [-0.1, -0.05) is 18.2 Å². The van der Waals surface area contributed by atoms with Crippen molar-refractivity contribution in [2.75, 3.05) is 0 Å². The van der Waals surface area contributed by atoms with Gasteiger partial charge >= 0.3 is 5.97 Å². The number of carboxylic acid groups (broad SMARTS) is 1. The zero-order chi connectivity index (χ0) is 9.71. The second-order valence-electron chi connectivity index (χ2n) is 3.98. The predicted molar refractivity (Wildman–Crippen MR) is 52.6 cm³/mol. The van der Waals surface area contributed by atoms with Gasteiger partial charge in [0.2, 0.25) is 0 Å². The second kappa shape index (κ2) is 2.47. The first-order valence-corrected chi connectivity index (χ1v) is 4.81. The molecule has 0 amide bonds. The second-order valence-corrected chi connectivity index (χ2v) is 3.98. The molecule has 1 aromatic carbocycles.